The Morgan fingerprint density at radius 3 is 2.00 bits per heavy atom. The van der Waals surface area contributed by atoms with Crippen LogP contribution in [0, 0.1) is 13.8 Å². The first-order valence-corrected chi connectivity index (χ1v) is 10.4. The van der Waals surface area contributed by atoms with Crippen molar-refractivity contribution in [1.29, 1.82) is 0 Å². The van der Waals surface area contributed by atoms with Crippen LogP contribution in [0.25, 0.3) is 11.1 Å². The Hall–Kier alpha value is -1.24. The van der Waals surface area contributed by atoms with Crippen LogP contribution in [0.1, 0.15) is 59.5 Å². The minimum atomic E-state index is -0.869. The number of thiophene rings is 2. The molecule has 0 saturated heterocycles. The van der Waals surface area contributed by atoms with Crippen LogP contribution < -0.4 is 0 Å². The molecule has 3 nitrogen and oxygen atoms in total. The molecule has 3 rings (SSSR count). The van der Waals surface area contributed by atoms with Gasteiger partial charge in [0.15, 0.2) is 5.78 Å². The number of aryl methyl sites for hydroxylation is 2. The summed E-state index contributed by atoms with van der Waals surface area (Å²) in [5.41, 5.74) is 4.73. The van der Waals surface area contributed by atoms with Crippen LogP contribution in [-0.2, 0) is 0 Å². The van der Waals surface area contributed by atoms with Gasteiger partial charge in [-0.3, -0.25) is 4.79 Å². The van der Waals surface area contributed by atoms with Crippen molar-refractivity contribution in [3.05, 3.63) is 42.8 Å². The first-order chi connectivity index (χ1) is 11.4. The van der Waals surface area contributed by atoms with Gasteiger partial charge >= 0.3 is 5.97 Å². The number of hydrogen-bond donors (Lipinski definition) is 1. The standard InChI is InChI=1S/C18H17BrO3S2/c1-9-13(6-16(23-9)15(20)8-19)11-4-3-5-12(11)14-7-17(18(21)22)24-10(14)2/h6-7H,3-5,8H2,1-2H3,(H,21,22). The van der Waals surface area contributed by atoms with Gasteiger partial charge in [0.1, 0.15) is 4.88 Å². The van der Waals surface area contributed by atoms with Crippen LogP contribution in [0.5, 0.6) is 0 Å². The van der Waals surface area contributed by atoms with E-state index in [0.29, 0.717) is 10.2 Å². The summed E-state index contributed by atoms with van der Waals surface area (Å²) < 4.78 is 0. The number of allylic oxidation sites excluding steroid dienone is 2. The number of carbonyl (C=O) groups excluding carboxylic acids is 1. The predicted molar refractivity (Wildman–Crippen MR) is 104 cm³/mol. The summed E-state index contributed by atoms with van der Waals surface area (Å²) in [6.45, 7) is 4.03. The number of alkyl halides is 1. The molecule has 0 saturated carbocycles. The van der Waals surface area contributed by atoms with Gasteiger partial charge in [-0.2, -0.15) is 0 Å². The number of aromatic carboxylic acids is 1. The van der Waals surface area contributed by atoms with E-state index in [1.807, 2.05) is 13.0 Å². The van der Waals surface area contributed by atoms with Crippen molar-refractivity contribution in [3.8, 4) is 0 Å². The molecule has 1 N–H and O–H groups in total. The van der Waals surface area contributed by atoms with E-state index >= 15 is 0 Å². The van der Waals surface area contributed by atoms with Gasteiger partial charge in [0.2, 0.25) is 0 Å². The summed E-state index contributed by atoms with van der Waals surface area (Å²) >= 11 is 6.11. The molecule has 126 valence electrons. The summed E-state index contributed by atoms with van der Waals surface area (Å²) in [5, 5.41) is 9.58. The van der Waals surface area contributed by atoms with Crippen molar-refractivity contribution >= 4 is 61.5 Å². The number of ketones is 1. The van der Waals surface area contributed by atoms with E-state index in [1.54, 1.807) is 17.4 Å². The molecule has 1 aliphatic rings. The van der Waals surface area contributed by atoms with Gasteiger partial charge in [0, 0.05) is 9.75 Å². The Labute approximate surface area is 157 Å². The number of halogens is 1. The maximum absolute atomic E-state index is 12.0. The summed E-state index contributed by atoms with van der Waals surface area (Å²) in [7, 11) is 0. The van der Waals surface area contributed by atoms with Gasteiger partial charge in [-0.25, -0.2) is 4.79 Å². The molecule has 2 heterocycles. The lowest BCUT2D eigenvalue weighted by Crippen LogP contribution is -1.95. The number of carboxylic acid groups (broad SMARTS) is 1. The monoisotopic (exact) mass is 424 g/mol. The lowest BCUT2D eigenvalue weighted by atomic mass is 9.97. The fraction of sp³-hybridized carbons (Fsp3) is 0.333. The number of carbonyl (C=O) groups is 2. The molecule has 0 aromatic carbocycles. The maximum Gasteiger partial charge on any atom is 0.345 e. The van der Waals surface area contributed by atoms with Gasteiger partial charge < -0.3 is 5.11 Å². The van der Waals surface area contributed by atoms with E-state index in [4.69, 9.17) is 0 Å². The van der Waals surface area contributed by atoms with Gasteiger partial charge in [0.05, 0.1) is 10.2 Å². The van der Waals surface area contributed by atoms with Gasteiger partial charge in [-0.15, -0.1) is 22.7 Å². The molecule has 0 spiro atoms. The third kappa shape index (κ3) is 3.15. The number of Topliss-reactive ketones (excluding diaryl/α,β-unsaturated/α-hetero) is 1. The quantitative estimate of drug-likeness (QED) is 0.487. The van der Waals surface area contributed by atoms with E-state index < -0.39 is 5.97 Å². The Bertz CT molecular complexity index is 858. The fourth-order valence-corrected chi connectivity index (χ4v) is 5.57. The second-order valence-electron chi connectivity index (χ2n) is 5.83. The predicted octanol–water partition coefficient (Wildman–Crippen LogP) is 5.80. The molecule has 1 aliphatic carbocycles. The Balaban J connectivity index is 2.09. The highest BCUT2D eigenvalue weighted by atomic mass is 79.9. The number of hydrogen-bond acceptors (Lipinski definition) is 4. The van der Waals surface area contributed by atoms with Crippen molar-refractivity contribution in [2.75, 3.05) is 5.33 Å². The average Bonchev–Trinajstić information content (AvgIpc) is 3.23. The van der Waals surface area contributed by atoms with Crippen molar-refractivity contribution in [2.45, 2.75) is 33.1 Å². The second-order valence-corrected chi connectivity index (χ2v) is 8.91. The first-order valence-electron chi connectivity index (χ1n) is 7.68. The summed E-state index contributed by atoms with van der Waals surface area (Å²) in [6, 6.07) is 3.80. The molecule has 0 unspecified atom stereocenters. The molecule has 0 amide bonds. The third-order valence-corrected chi connectivity index (χ3v) is 6.95. The Morgan fingerprint density at radius 1 is 1.04 bits per heavy atom. The minimum absolute atomic E-state index is 0.106. The zero-order valence-corrected chi connectivity index (χ0v) is 16.7. The maximum atomic E-state index is 12.0. The molecule has 0 aliphatic heterocycles. The van der Waals surface area contributed by atoms with Crippen molar-refractivity contribution in [1.82, 2.24) is 0 Å². The normalized spacial score (nSPS) is 14.5. The second kappa shape index (κ2) is 6.94. The van der Waals surface area contributed by atoms with Crippen molar-refractivity contribution in [2.24, 2.45) is 0 Å². The molecule has 2 aromatic heterocycles. The highest BCUT2D eigenvalue weighted by molar-refractivity contribution is 9.09. The summed E-state index contributed by atoms with van der Waals surface area (Å²) in [4.78, 5) is 26.6. The van der Waals surface area contributed by atoms with Crippen LogP contribution in [0.15, 0.2) is 12.1 Å². The van der Waals surface area contributed by atoms with E-state index in [0.717, 1.165) is 45.0 Å². The Morgan fingerprint density at radius 2 is 1.54 bits per heavy atom. The molecular weight excluding hydrogens is 408 g/mol. The lowest BCUT2D eigenvalue weighted by Gasteiger charge is -2.07. The van der Waals surface area contributed by atoms with Crippen LogP contribution in [0.3, 0.4) is 0 Å². The fourth-order valence-electron chi connectivity index (χ4n) is 3.21. The highest BCUT2D eigenvalue weighted by Gasteiger charge is 2.24. The van der Waals surface area contributed by atoms with Crippen LogP contribution in [-0.4, -0.2) is 22.2 Å². The average molecular weight is 425 g/mol. The lowest BCUT2D eigenvalue weighted by molar-refractivity contribution is 0.0702. The van der Waals surface area contributed by atoms with Gasteiger partial charge in [-0.1, -0.05) is 15.9 Å². The number of carboxylic acids is 1. The van der Waals surface area contributed by atoms with E-state index in [-0.39, 0.29) is 5.78 Å². The molecule has 0 bridgehead atoms. The minimum Gasteiger partial charge on any atom is -0.477 e. The SMILES string of the molecule is Cc1sc(C(=O)O)cc1C1=C(c2cc(C(=O)CBr)sc2C)CCC1. The molecule has 24 heavy (non-hydrogen) atoms. The first kappa shape index (κ1) is 17.6. The summed E-state index contributed by atoms with van der Waals surface area (Å²) in [5.74, 6) is -0.763. The third-order valence-electron chi connectivity index (χ3n) is 4.31. The van der Waals surface area contributed by atoms with Gasteiger partial charge in [-0.05, 0) is 67.5 Å². The van der Waals surface area contributed by atoms with Crippen LogP contribution >= 0.6 is 38.6 Å². The molecule has 0 radical (unpaired) electrons. The molecule has 0 fully saturated rings. The zero-order valence-electron chi connectivity index (χ0n) is 13.4. The van der Waals surface area contributed by atoms with Crippen LogP contribution in [0.2, 0.25) is 0 Å². The van der Waals surface area contributed by atoms with Gasteiger partial charge in [0.25, 0.3) is 0 Å². The smallest absolute Gasteiger partial charge is 0.345 e. The largest absolute Gasteiger partial charge is 0.477 e. The molecule has 6 heteroatoms. The number of rotatable bonds is 5. The van der Waals surface area contributed by atoms with Crippen molar-refractivity contribution in [3.63, 3.8) is 0 Å². The summed E-state index contributed by atoms with van der Waals surface area (Å²) in [6.07, 6.45) is 3.01. The van der Waals surface area contributed by atoms with E-state index in [1.165, 1.54) is 22.5 Å². The van der Waals surface area contributed by atoms with Crippen molar-refractivity contribution < 1.29 is 14.7 Å². The zero-order chi connectivity index (χ0) is 17.4. The van der Waals surface area contributed by atoms with E-state index in [9.17, 15) is 14.7 Å². The van der Waals surface area contributed by atoms with Crippen LogP contribution in [0.4, 0.5) is 0 Å². The Kier molecular flexibility index (Phi) is 5.08. The highest BCUT2D eigenvalue weighted by Crippen LogP contribution is 2.44. The topological polar surface area (TPSA) is 54.4 Å². The molecular formula is C18H17BrO3S2. The molecule has 0 atom stereocenters. The molecule has 2 aromatic rings. The van der Waals surface area contributed by atoms with E-state index in [2.05, 4.69) is 22.9 Å².